The van der Waals surface area contributed by atoms with Crippen molar-refractivity contribution in [2.24, 2.45) is 11.7 Å². The Bertz CT molecular complexity index is 621. The lowest BCUT2D eigenvalue weighted by atomic mass is 10.2. The highest BCUT2D eigenvalue weighted by Crippen LogP contribution is 2.28. The number of nitrogens with zero attached hydrogens (tertiary/aromatic N) is 1. The van der Waals surface area contributed by atoms with E-state index in [2.05, 4.69) is 15.9 Å². The molecule has 118 valence electrons. The van der Waals surface area contributed by atoms with Crippen molar-refractivity contribution in [2.45, 2.75) is 25.2 Å². The molecule has 0 radical (unpaired) electrons. The van der Waals surface area contributed by atoms with Crippen LogP contribution < -0.4 is 5.73 Å². The van der Waals surface area contributed by atoms with Gasteiger partial charge in [0, 0.05) is 24.0 Å². The summed E-state index contributed by atoms with van der Waals surface area (Å²) in [5.41, 5.74) is 5.48. The largest absolute Gasteiger partial charge is 0.393 e. The van der Waals surface area contributed by atoms with E-state index >= 15 is 0 Å². The van der Waals surface area contributed by atoms with E-state index < -0.39 is 10.0 Å². The van der Waals surface area contributed by atoms with E-state index in [1.165, 1.54) is 10.4 Å². The molecule has 1 aromatic carbocycles. The molecule has 2 N–H and O–H groups in total. The summed E-state index contributed by atoms with van der Waals surface area (Å²) in [5.74, 6) is 0.181. The number of halogens is 2. The highest BCUT2D eigenvalue weighted by molar-refractivity contribution is 9.10. The van der Waals surface area contributed by atoms with E-state index in [1.54, 1.807) is 12.1 Å². The maximum atomic E-state index is 12.8. The van der Waals surface area contributed by atoms with E-state index in [9.17, 15) is 8.42 Å². The number of hydrogen-bond acceptors (Lipinski definition) is 3. The normalized spacial score (nSPS) is 12.1. The van der Waals surface area contributed by atoms with Crippen LogP contribution in [0.1, 0.15) is 20.3 Å². The third kappa shape index (κ3) is 5.49. The van der Waals surface area contributed by atoms with Crippen LogP contribution in [0.15, 0.2) is 27.6 Å². The molecule has 0 heterocycles. The van der Waals surface area contributed by atoms with Crippen molar-refractivity contribution in [1.29, 1.82) is 0 Å². The fourth-order valence-corrected chi connectivity index (χ4v) is 4.48. The first-order valence-electron chi connectivity index (χ1n) is 6.38. The standard InChI is InChI=1S/C13H18BrClN2O2S2/c1-9(2)8-17(6-5-13(16)20)21(18,19)12-4-3-10(14)7-11(12)15/h3-4,7,9H,5-6,8H2,1-2H3,(H2,16,20). The summed E-state index contributed by atoms with van der Waals surface area (Å²) in [6.45, 7) is 4.54. The molecule has 21 heavy (non-hydrogen) atoms. The van der Waals surface area contributed by atoms with Crippen molar-refractivity contribution < 1.29 is 8.42 Å². The van der Waals surface area contributed by atoms with Gasteiger partial charge in [0.05, 0.1) is 10.0 Å². The van der Waals surface area contributed by atoms with Crippen LogP contribution in [0.3, 0.4) is 0 Å². The molecule has 0 aliphatic rings. The molecule has 4 nitrogen and oxygen atoms in total. The van der Waals surface area contributed by atoms with Gasteiger partial charge in [0.1, 0.15) is 4.90 Å². The Labute approximate surface area is 144 Å². The fraction of sp³-hybridized carbons (Fsp3) is 0.462. The highest BCUT2D eigenvalue weighted by Gasteiger charge is 2.27. The first kappa shape index (κ1) is 18.8. The SMILES string of the molecule is CC(C)CN(CCC(N)=S)S(=O)(=O)c1ccc(Br)cc1Cl. The molecule has 0 atom stereocenters. The molecule has 1 rings (SSSR count). The Morgan fingerprint density at radius 2 is 2.10 bits per heavy atom. The fourth-order valence-electron chi connectivity index (χ4n) is 1.78. The maximum absolute atomic E-state index is 12.8. The highest BCUT2D eigenvalue weighted by atomic mass is 79.9. The number of rotatable bonds is 7. The van der Waals surface area contributed by atoms with Gasteiger partial charge >= 0.3 is 0 Å². The number of thiocarbonyl (C=S) groups is 1. The van der Waals surface area contributed by atoms with E-state index in [0.717, 1.165) is 4.47 Å². The minimum Gasteiger partial charge on any atom is -0.393 e. The molecule has 1 aromatic rings. The van der Waals surface area contributed by atoms with E-state index in [4.69, 9.17) is 29.6 Å². The van der Waals surface area contributed by atoms with E-state index in [0.29, 0.717) is 18.0 Å². The molecule has 0 saturated heterocycles. The molecule has 0 unspecified atom stereocenters. The zero-order valence-electron chi connectivity index (χ0n) is 11.8. The zero-order valence-corrected chi connectivity index (χ0v) is 15.8. The monoisotopic (exact) mass is 412 g/mol. The van der Waals surface area contributed by atoms with Crippen molar-refractivity contribution >= 4 is 54.8 Å². The minimum atomic E-state index is -3.67. The average Bonchev–Trinajstić information content (AvgIpc) is 2.33. The molecular formula is C13H18BrClN2O2S2. The van der Waals surface area contributed by atoms with Crippen LogP contribution in [0, 0.1) is 5.92 Å². The Balaban J connectivity index is 3.16. The zero-order chi connectivity index (χ0) is 16.2. The Hall–Kier alpha value is -0.210. The summed E-state index contributed by atoms with van der Waals surface area (Å²) in [6.07, 6.45) is 0.343. The molecule has 0 aromatic heterocycles. The van der Waals surface area contributed by atoms with Crippen LogP contribution >= 0.6 is 39.7 Å². The number of sulfonamides is 1. The van der Waals surface area contributed by atoms with E-state index in [-0.39, 0.29) is 22.4 Å². The van der Waals surface area contributed by atoms with Crippen molar-refractivity contribution in [1.82, 2.24) is 4.31 Å². The van der Waals surface area contributed by atoms with Gasteiger partial charge in [-0.3, -0.25) is 0 Å². The molecule has 8 heteroatoms. The van der Waals surface area contributed by atoms with Crippen LogP contribution in [0.4, 0.5) is 0 Å². The minimum absolute atomic E-state index is 0.0935. The van der Waals surface area contributed by atoms with Gasteiger partial charge in [-0.1, -0.05) is 53.6 Å². The van der Waals surface area contributed by atoms with Crippen LogP contribution in [-0.4, -0.2) is 30.8 Å². The summed E-state index contributed by atoms with van der Waals surface area (Å²) in [6, 6.07) is 4.71. The number of hydrogen-bond donors (Lipinski definition) is 1. The van der Waals surface area contributed by atoms with Crippen LogP contribution in [0.5, 0.6) is 0 Å². The van der Waals surface area contributed by atoms with Gasteiger partial charge in [0.15, 0.2) is 0 Å². The molecular weight excluding hydrogens is 396 g/mol. The van der Waals surface area contributed by atoms with Gasteiger partial charge in [-0.15, -0.1) is 0 Å². The Morgan fingerprint density at radius 1 is 1.48 bits per heavy atom. The lowest BCUT2D eigenvalue weighted by Crippen LogP contribution is -2.36. The van der Waals surface area contributed by atoms with Gasteiger partial charge in [0.2, 0.25) is 10.0 Å². The summed E-state index contributed by atoms with van der Waals surface area (Å²) >= 11 is 14.2. The summed E-state index contributed by atoms with van der Waals surface area (Å²) in [5, 5.41) is 0.188. The first-order chi connectivity index (χ1) is 9.64. The van der Waals surface area contributed by atoms with Gasteiger partial charge in [-0.25, -0.2) is 8.42 Å². The molecule has 0 spiro atoms. The van der Waals surface area contributed by atoms with Crippen LogP contribution in [0.25, 0.3) is 0 Å². The second-order valence-corrected chi connectivity index (χ2v) is 8.80. The Kier molecular flexibility index (Phi) is 7.06. The number of benzene rings is 1. The second-order valence-electron chi connectivity index (χ2n) is 5.05. The molecule has 0 amide bonds. The van der Waals surface area contributed by atoms with Crippen molar-refractivity contribution in [2.75, 3.05) is 13.1 Å². The van der Waals surface area contributed by atoms with Crippen molar-refractivity contribution in [3.63, 3.8) is 0 Å². The quantitative estimate of drug-likeness (QED) is 0.696. The molecule has 0 aliphatic carbocycles. The lowest BCUT2D eigenvalue weighted by Gasteiger charge is -2.24. The number of nitrogens with two attached hydrogens (primary N) is 1. The summed E-state index contributed by atoms with van der Waals surface area (Å²) in [7, 11) is -3.67. The molecule has 0 bridgehead atoms. The smallest absolute Gasteiger partial charge is 0.244 e. The molecule has 0 saturated carbocycles. The lowest BCUT2D eigenvalue weighted by molar-refractivity contribution is 0.374. The van der Waals surface area contributed by atoms with Crippen molar-refractivity contribution in [3.05, 3.63) is 27.7 Å². The van der Waals surface area contributed by atoms with Crippen LogP contribution in [0.2, 0.25) is 5.02 Å². The Morgan fingerprint density at radius 3 is 2.57 bits per heavy atom. The topological polar surface area (TPSA) is 63.4 Å². The maximum Gasteiger partial charge on any atom is 0.244 e. The first-order valence-corrected chi connectivity index (χ1v) is 9.40. The van der Waals surface area contributed by atoms with Gasteiger partial charge < -0.3 is 5.73 Å². The van der Waals surface area contributed by atoms with Crippen LogP contribution in [-0.2, 0) is 10.0 Å². The summed E-state index contributed by atoms with van der Waals surface area (Å²) in [4.78, 5) is 0.386. The van der Waals surface area contributed by atoms with E-state index in [1.807, 2.05) is 13.8 Å². The van der Waals surface area contributed by atoms with Crippen molar-refractivity contribution in [3.8, 4) is 0 Å². The van der Waals surface area contributed by atoms with Gasteiger partial charge in [-0.05, 0) is 24.1 Å². The van der Waals surface area contributed by atoms with Gasteiger partial charge in [-0.2, -0.15) is 4.31 Å². The predicted molar refractivity (Wildman–Crippen MR) is 94.2 cm³/mol. The molecule has 0 fully saturated rings. The third-order valence-electron chi connectivity index (χ3n) is 2.69. The average molecular weight is 414 g/mol. The molecule has 0 aliphatic heterocycles. The summed E-state index contributed by atoms with van der Waals surface area (Å²) < 4.78 is 27.6. The third-order valence-corrected chi connectivity index (χ3v) is 5.73. The van der Waals surface area contributed by atoms with Gasteiger partial charge in [0.25, 0.3) is 0 Å². The second kappa shape index (κ2) is 7.87. The predicted octanol–water partition coefficient (Wildman–Crippen LogP) is 3.43.